The van der Waals surface area contributed by atoms with Gasteiger partial charge in [0, 0.05) is 12.0 Å². The Hall–Kier alpha value is -2.28. The van der Waals surface area contributed by atoms with Crippen LogP contribution < -0.4 is 16.6 Å². The summed E-state index contributed by atoms with van der Waals surface area (Å²) in [5, 5.41) is 12.2. The maximum absolute atomic E-state index is 12.0. The molecule has 0 aliphatic rings. The minimum Gasteiger partial charge on any atom is -0.508 e. The smallest absolute Gasteiger partial charge is 0.407 e. The number of aromatic hydroxyl groups is 1. The molecule has 0 aliphatic carbocycles. The van der Waals surface area contributed by atoms with Crippen LogP contribution in [0.3, 0.4) is 0 Å². The van der Waals surface area contributed by atoms with Gasteiger partial charge in [-0.25, -0.2) is 10.6 Å². The van der Waals surface area contributed by atoms with E-state index in [2.05, 4.69) is 10.7 Å². The number of hydrazine groups is 1. The Labute approximate surface area is 142 Å². The maximum Gasteiger partial charge on any atom is 0.407 e. The molecular formula is C17H27N3O4. The Balaban J connectivity index is 2.79. The molecule has 0 heterocycles. The van der Waals surface area contributed by atoms with Crippen molar-refractivity contribution in [3.05, 3.63) is 29.8 Å². The predicted molar refractivity (Wildman–Crippen MR) is 91.1 cm³/mol. The lowest BCUT2D eigenvalue weighted by atomic mass is 9.95. The molecule has 24 heavy (non-hydrogen) atoms. The van der Waals surface area contributed by atoms with E-state index in [-0.39, 0.29) is 23.6 Å². The molecule has 0 aliphatic heterocycles. The minimum absolute atomic E-state index is 0.172. The van der Waals surface area contributed by atoms with Crippen LogP contribution in [0.2, 0.25) is 0 Å². The number of phenols is 1. The van der Waals surface area contributed by atoms with E-state index in [1.165, 1.54) is 0 Å². The third-order valence-electron chi connectivity index (χ3n) is 3.37. The van der Waals surface area contributed by atoms with Crippen molar-refractivity contribution in [3.8, 4) is 5.75 Å². The number of amides is 2. The van der Waals surface area contributed by atoms with Gasteiger partial charge in [-0.3, -0.25) is 10.2 Å². The first kappa shape index (κ1) is 19.8. The second-order valence-electron chi connectivity index (χ2n) is 6.86. The second kappa shape index (κ2) is 8.54. The SMILES string of the molecule is C[C@@H](C[C@H](Cc1ccc(O)cc1)NC(=O)OC(C)(C)C)C(=O)NN. The lowest BCUT2D eigenvalue weighted by Crippen LogP contribution is -2.43. The topological polar surface area (TPSA) is 114 Å². The van der Waals surface area contributed by atoms with E-state index in [1.54, 1.807) is 52.0 Å². The van der Waals surface area contributed by atoms with Crippen LogP contribution in [0.15, 0.2) is 24.3 Å². The highest BCUT2D eigenvalue weighted by Gasteiger charge is 2.23. The largest absolute Gasteiger partial charge is 0.508 e. The Kier molecular flexibility index (Phi) is 7.03. The number of hydrogen-bond donors (Lipinski definition) is 4. The van der Waals surface area contributed by atoms with Crippen LogP contribution in [0.5, 0.6) is 5.75 Å². The molecule has 0 saturated heterocycles. The zero-order valence-electron chi connectivity index (χ0n) is 14.6. The summed E-state index contributed by atoms with van der Waals surface area (Å²) < 4.78 is 5.28. The summed E-state index contributed by atoms with van der Waals surface area (Å²) in [5.41, 5.74) is 2.44. The fourth-order valence-electron chi connectivity index (χ4n) is 2.26. The summed E-state index contributed by atoms with van der Waals surface area (Å²) >= 11 is 0. The number of nitrogens with one attached hydrogen (secondary N) is 2. The maximum atomic E-state index is 12.0. The molecule has 5 N–H and O–H groups in total. The summed E-state index contributed by atoms with van der Waals surface area (Å²) in [6.45, 7) is 7.09. The molecule has 7 heteroatoms. The number of carbonyl (C=O) groups excluding carboxylic acids is 2. The summed E-state index contributed by atoms with van der Waals surface area (Å²) in [5.74, 6) is 4.67. The number of carbonyl (C=O) groups is 2. The molecule has 0 saturated carbocycles. The molecule has 0 spiro atoms. The molecule has 2 atom stereocenters. The van der Waals surface area contributed by atoms with Crippen molar-refractivity contribution in [2.45, 2.75) is 52.2 Å². The van der Waals surface area contributed by atoms with Crippen LogP contribution >= 0.6 is 0 Å². The van der Waals surface area contributed by atoms with Crippen molar-refractivity contribution in [2.24, 2.45) is 11.8 Å². The zero-order valence-corrected chi connectivity index (χ0v) is 14.6. The van der Waals surface area contributed by atoms with Gasteiger partial charge in [-0.2, -0.15) is 0 Å². The molecule has 0 aromatic heterocycles. The van der Waals surface area contributed by atoms with Gasteiger partial charge in [-0.1, -0.05) is 19.1 Å². The lowest BCUT2D eigenvalue weighted by molar-refractivity contribution is -0.124. The van der Waals surface area contributed by atoms with E-state index in [0.717, 1.165) is 5.56 Å². The Morgan fingerprint density at radius 3 is 2.33 bits per heavy atom. The number of benzene rings is 1. The van der Waals surface area contributed by atoms with E-state index < -0.39 is 11.7 Å². The van der Waals surface area contributed by atoms with Crippen molar-refractivity contribution in [2.75, 3.05) is 0 Å². The van der Waals surface area contributed by atoms with E-state index in [4.69, 9.17) is 10.6 Å². The monoisotopic (exact) mass is 337 g/mol. The Bertz CT molecular complexity index is 552. The number of nitrogens with two attached hydrogens (primary N) is 1. The highest BCUT2D eigenvalue weighted by atomic mass is 16.6. The van der Waals surface area contributed by atoms with Gasteiger partial charge in [0.25, 0.3) is 0 Å². The predicted octanol–water partition coefficient (Wildman–Crippen LogP) is 1.84. The lowest BCUT2D eigenvalue weighted by Gasteiger charge is -2.25. The highest BCUT2D eigenvalue weighted by Crippen LogP contribution is 2.16. The van der Waals surface area contributed by atoms with Gasteiger partial charge < -0.3 is 15.2 Å². The number of hydrogen-bond acceptors (Lipinski definition) is 5. The molecule has 2 amide bonds. The number of ether oxygens (including phenoxy) is 1. The van der Waals surface area contributed by atoms with Crippen molar-refractivity contribution < 1.29 is 19.4 Å². The van der Waals surface area contributed by atoms with Crippen LogP contribution in [0.4, 0.5) is 4.79 Å². The standard InChI is InChI=1S/C17H27N3O4/c1-11(15(22)20-18)9-13(19-16(23)24-17(2,3)4)10-12-5-7-14(21)8-6-12/h5-8,11,13,21H,9-10,18H2,1-4H3,(H,19,23)(H,20,22)/t11-,13+/m0/s1. The van der Waals surface area contributed by atoms with Crippen LogP contribution in [0, 0.1) is 5.92 Å². The van der Waals surface area contributed by atoms with Crippen molar-refractivity contribution >= 4 is 12.0 Å². The molecule has 1 rings (SSSR count). The van der Waals surface area contributed by atoms with E-state index >= 15 is 0 Å². The number of rotatable bonds is 6. The van der Waals surface area contributed by atoms with E-state index in [9.17, 15) is 14.7 Å². The highest BCUT2D eigenvalue weighted by molar-refractivity contribution is 5.77. The molecular weight excluding hydrogens is 310 g/mol. The first-order valence-corrected chi connectivity index (χ1v) is 7.88. The van der Waals surface area contributed by atoms with Gasteiger partial charge in [0.2, 0.25) is 5.91 Å². The Morgan fingerprint density at radius 2 is 1.83 bits per heavy atom. The molecule has 0 radical (unpaired) electrons. The molecule has 7 nitrogen and oxygen atoms in total. The first-order chi connectivity index (χ1) is 11.1. The number of alkyl carbamates (subject to hydrolysis) is 1. The van der Waals surface area contributed by atoms with Crippen molar-refractivity contribution in [1.82, 2.24) is 10.7 Å². The third kappa shape index (κ3) is 7.32. The summed E-state index contributed by atoms with van der Waals surface area (Å²) in [4.78, 5) is 23.7. The van der Waals surface area contributed by atoms with Crippen molar-refractivity contribution in [1.29, 1.82) is 0 Å². The fraction of sp³-hybridized carbons (Fsp3) is 0.529. The fourth-order valence-corrected chi connectivity index (χ4v) is 2.26. The molecule has 1 aromatic rings. The van der Waals surface area contributed by atoms with Gasteiger partial charge in [-0.05, 0) is 51.3 Å². The zero-order chi connectivity index (χ0) is 18.3. The minimum atomic E-state index is -0.604. The van der Waals surface area contributed by atoms with Crippen LogP contribution in [0.1, 0.15) is 39.7 Å². The second-order valence-corrected chi connectivity index (χ2v) is 6.86. The first-order valence-electron chi connectivity index (χ1n) is 7.88. The normalized spacial score (nSPS) is 13.7. The van der Waals surface area contributed by atoms with Gasteiger partial charge in [-0.15, -0.1) is 0 Å². The van der Waals surface area contributed by atoms with Gasteiger partial charge in [0.15, 0.2) is 0 Å². The van der Waals surface area contributed by atoms with Gasteiger partial charge >= 0.3 is 6.09 Å². The molecule has 1 aromatic carbocycles. The summed E-state index contributed by atoms with van der Waals surface area (Å²) in [7, 11) is 0. The van der Waals surface area contributed by atoms with Gasteiger partial charge in [0.1, 0.15) is 11.4 Å². The van der Waals surface area contributed by atoms with Crippen molar-refractivity contribution in [3.63, 3.8) is 0 Å². The van der Waals surface area contributed by atoms with Crippen LogP contribution in [-0.2, 0) is 16.0 Å². The Morgan fingerprint density at radius 1 is 1.25 bits per heavy atom. The average molecular weight is 337 g/mol. The van der Waals surface area contributed by atoms with Crippen LogP contribution in [-0.4, -0.2) is 28.7 Å². The van der Waals surface area contributed by atoms with E-state index in [0.29, 0.717) is 12.8 Å². The van der Waals surface area contributed by atoms with Crippen LogP contribution in [0.25, 0.3) is 0 Å². The third-order valence-corrected chi connectivity index (χ3v) is 3.37. The quantitative estimate of drug-likeness (QED) is 0.359. The molecule has 0 unspecified atom stereocenters. The molecule has 0 fully saturated rings. The summed E-state index contributed by atoms with van der Waals surface area (Å²) in [6.07, 6.45) is 0.372. The average Bonchev–Trinajstić information content (AvgIpc) is 2.46. The molecule has 134 valence electrons. The summed E-state index contributed by atoms with van der Waals surface area (Å²) in [6, 6.07) is 6.39. The molecule has 0 bridgehead atoms. The van der Waals surface area contributed by atoms with E-state index in [1.807, 2.05) is 0 Å². The van der Waals surface area contributed by atoms with Gasteiger partial charge in [0.05, 0.1) is 0 Å². The number of phenolic OH excluding ortho intramolecular Hbond substituents is 1.